The number of aryl methyl sites for hydroxylation is 2. The number of hydrogen-bond donors (Lipinski definition) is 1. The van der Waals surface area contributed by atoms with E-state index in [4.69, 9.17) is 4.98 Å². The molecule has 0 spiro atoms. The van der Waals surface area contributed by atoms with Gasteiger partial charge in [0.25, 0.3) is 0 Å². The lowest BCUT2D eigenvalue weighted by Gasteiger charge is -2.22. The highest BCUT2D eigenvalue weighted by molar-refractivity contribution is 8.00. The van der Waals surface area contributed by atoms with Crippen LogP contribution in [-0.4, -0.2) is 21.1 Å². The molecule has 7 heteroatoms. The zero-order chi connectivity index (χ0) is 18.7. The molecule has 5 nitrogen and oxygen atoms in total. The number of carbonyl (C=O) groups excluding carboxylic acids is 1. The van der Waals surface area contributed by atoms with Gasteiger partial charge in [0.2, 0.25) is 5.91 Å². The van der Waals surface area contributed by atoms with E-state index in [9.17, 15) is 10.1 Å². The molecule has 0 radical (unpaired) electrons. The van der Waals surface area contributed by atoms with E-state index in [0.29, 0.717) is 28.1 Å². The summed E-state index contributed by atoms with van der Waals surface area (Å²) in [5, 5.41) is 15.3. The average molecular weight is 387 g/mol. The van der Waals surface area contributed by atoms with E-state index < -0.39 is 0 Å². The smallest absolute Gasteiger partial charge is 0.239 e. The van der Waals surface area contributed by atoms with Crippen LogP contribution in [0.2, 0.25) is 0 Å². The topological polar surface area (TPSA) is 78.7 Å². The fourth-order valence-corrected chi connectivity index (χ4v) is 4.74. The number of carbonyl (C=O) groups is 1. The fourth-order valence-electron chi connectivity index (χ4n) is 3.05. The first-order valence-electron chi connectivity index (χ1n) is 8.82. The standard InChI is InChI=1S/C19H22N4OS2/c1-4-16(17(24)23-19-21-12(3)10-25-19)26-18-14(9-20)8-13-7-11(2)5-6-15(13)22-18/h8,10-11,16H,4-7H2,1-3H3,(H,21,23,24). The monoisotopic (exact) mass is 386 g/mol. The molecular weight excluding hydrogens is 364 g/mol. The molecule has 136 valence electrons. The van der Waals surface area contributed by atoms with E-state index in [1.54, 1.807) is 0 Å². The number of fused-ring (bicyclic) bond motifs is 1. The molecule has 1 N–H and O–H groups in total. The van der Waals surface area contributed by atoms with E-state index >= 15 is 0 Å². The lowest BCUT2D eigenvalue weighted by molar-refractivity contribution is -0.115. The van der Waals surface area contributed by atoms with Crippen molar-refractivity contribution in [1.29, 1.82) is 5.26 Å². The molecule has 0 saturated heterocycles. The van der Waals surface area contributed by atoms with Gasteiger partial charge in [-0.15, -0.1) is 11.3 Å². The summed E-state index contributed by atoms with van der Waals surface area (Å²) < 4.78 is 0. The first kappa shape index (κ1) is 18.9. The molecule has 2 atom stereocenters. The van der Waals surface area contributed by atoms with E-state index in [0.717, 1.165) is 30.7 Å². The number of aromatic nitrogens is 2. The number of amides is 1. The number of thioether (sulfide) groups is 1. The van der Waals surface area contributed by atoms with E-state index in [2.05, 4.69) is 23.3 Å². The maximum atomic E-state index is 12.6. The summed E-state index contributed by atoms with van der Waals surface area (Å²) in [6, 6.07) is 4.22. The molecule has 2 unspecified atom stereocenters. The number of hydrogen-bond acceptors (Lipinski definition) is 6. The Morgan fingerprint density at radius 3 is 3.00 bits per heavy atom. The molecule has 3 rings (SSSR count). The molecule has 26 heavy (non-hydrogen) atoms. The van der Waals surface area contributed by atoms with Crippen LogP contribution in [0.5, 0.6) is 0 Å². The number of nitrogens with one attached hydrogen (secondary N) is 1. The Morgan fingerprint density at radius 2 is 2.35 bits per heavy atom. The summed E-state index contributed by atoms with van der Waals surface area (Å²) >= 11 is 2.80. The largest absolute Gasteiger partial charge is 0.301 e. The van der Waals surface area contributed by atoms with Gasteiger partial charge in [-0.2, -0.15) is 5.26 Å². The van der Waals surface area contributed by atoms with Gasteiger partial charge in [0.1, 0.15) is 11.1 Å². The number of rotatable bonds is 5. The van der Waals surface area contributed by atoms with Crippen molar-refractivity contribution < 1.29 is 4.79 Å². The summed E-state index contributed by atoms with van der Waals surface area (Å²) in [6.07, 6.45) is 3.69. The lowest BCUT2D eigenvalue weighted by atomic mass is 9.87. The third kappa shape index (κ3) is 4.25. The summed E-state index contributed by atoms with van der Waals surface area (Å²) in [6.45, 7) is 6.10. The van der Waals surface area contributed by atoms with Crippen molar-refractivity contribution in [3.63, 3.8) is 0 Å². The van der Waals surface area contributed by atoms with Crippen LogP contribution in [-0.2, 0) is 17.6 Å². The van der Waals surface area contributed by atoms with Crippen molar-refractivity contribution in [1.82, 2.24) is 9.97 Å². The van der Waals surface area contributed by atoms with Crippen LogP contribution in [0.1, 0.15) is 49.2 Å². The van der Waals surface area contributed by atoms with Crippen LogP contribution >= 0.6 is 23.1 Å². The van der Waals surface area contributed by atoms with Gasteiger partial charge in [0, 0.05) is 11.1 Å². The van der Waals surface area contributed by atoms with Crippen LogP contribution in [0.4, 0.5) is 5.13 Å². The van der Waals surface area contributed by atoms with Crippen molar-refractivity contribution in [2.45, 2.75) is 56.7 Å². The highest BCUT2D eigenvalue weighted by Gasteiger charge is 2.24. The van der Waals surface area contributed by atoms with Gasteiger partial charge in [-0.05, 0) is 50.2 Å². The van der Waals surface area contributed by atoms with Gasteiger partial charge in [0.05, 0.1) is 16.5 Å². The SMILES string of the molecule is CCC(Sc1nc2c(cc1C#N)CC(C)CC2)C(=O)Nc1nc(C)cs1. The van der Waals surface area contributed by atoms with Crippen LogP contribution in [0.15, 0.2) is 16.5 Å². The minimum Gasteiger partial charge on any atom is -0.301 e. The highest BCUT2D eigenvalue weighted by atomic mass is 32.2. The maximum Gasteiger partial charge on any atom is 0.239 e. The third-order valence-corrected chi connectivity index (χ3v) is 6.73. The predicted octanol–water partition coefficient (Wildman–Crippen LogP) is 4.35. The zero-order valence-electron chi connectivity index (χ0n) is 15.2. The maximum absolute atomic E-state index is 12.6. The Labute approximate surface area is 162 Å². The first-order chi connectivity index (χ1) is 12.5. The number of anilines is 1. The second kappa shape index (κ2) is 8.19. The predicted molar refractivity (Wildman–Crippen MR) is 106 cm³/mol. The second-order valence-corrected chi connectivity index (χ2v) is 8.75. The molecule has 0 saturated carbocycles. The lowest BCUT2D eigenvalue weighted by Crippen LogP contribution is -2.25. The summed E-state index contributed by atoms with van der Waals surface area (Å²) in [7, 11) is 0. The Hall–Kier alpha value is -1.91. The summed E-state index contributed by atoms with van der Waals surface area (Å²) in [5.74, 6) is 0.536. The summed E-state index contributed by atoms with van der Waals surface area (Å²) in [4.78, 5) is 21.6. The highest BCUT2D eigenvalue weighted by Crippen LogP contribution is 2.32. The minimum atomic E-state index is -0.306. The quantitative estimate of drug-likeness (QED) is 0.773. The molecule has 0 fully saturated rings. The molecule has 2 heterocycles. The first-order valence-corrected chi connectivity index (χ1v) is 10.6. The van der Waals surface area contributed by atoms with Gasteiger partial charge in [-0.3, -0.25) is 4.79 Å². The van der Waals surface area contributed by atoms with Crippen molar-refractivity contribution in [2.75, 3.05) is 5.32 Å². The van der Waals surface area contributed by atoms with Crippen LogP contribution in [0.3, 0.4) is 0 Å². The van der Waals surface area contributed by atoms with Gasteiger partial charge in [0.15, 0.2) is 5.13 Å². The number of pyridine rings is 1. The van der Waals surface area contributed by atoms with Gasteiger partial charge in [-0.1, -0.05) is 25.6 Å². The van der Waals surface area contributed by atoms with Crippen molar-refractivity contribution in [3.8, 4) is 6.07 Å². The molecule has 1 aliphatic rings. The van der Waals surface area contributed by atoms with E-state index in [1.807, 2.05) is 25.3 Å². The van der Waals surface area contributed by atoms with Gasteiger partial charge < -0.3 is 5.32 Å². The molecule has 0 aromatic carbocycles. The number of thiazole rings is 1. The molecule has 0 aliphatic heterocycles. The van der Waals surface area contributed by atoms with Crippen molar-refractivity contribution in [3.05, 3.63) is 34.0 Å². The van der Waals surface area contributed by atoms with Crippen LogP contribution in [0, 0.1) is 24.2 Å². The Kier molecular flexibility index (Phi) is 5.94. The third-order valence-electron chi connectivity index (χ3n) is 4.49. The number of nitrogens with zero attached hydrogens (tertiary/aromatic N) is 3. The Morgan fingerprint density at radius 1 is 1.54 bits per heavy atom. The second-order valence-electron chi connectivity index (χ2n) is 6.70. The van der Waals surface area contributed by atoms with E-state index in [1.165, 1.54) is 28.7 Å². The van der Waals surface area contributed by atoms with Gasteiger partial charge in [-0.25, -0.2) is 9.97 Å². The molecule has 0 bridgehead atoms. The Bertz CT molecular complexity index is 856. The van der Waals surface area contributed by atoms with Gasteiger partial charge >= 0.3 is 0 Å². The van der Waals surface area contributed by atoms with Crippen molar-refractivity contribution >= 4 is 34.1 Å². The molecular formula is C19H22N4OS2. The Balaban J connectivity index is 1.79. The van der Waals surface area contributed by atoms with Crippen molar-refractivity contribution in [2.24, 2.45) is 5.92 Å². The molecule has 2 aromatic rings. The summed E-state index contributed by atoms with van der Waals surface area (Å²) in [5.41, 5.74) is 3.72. The molecule has 2 aromatic heterocycles. The zero-order valence-corrected chi connectivity index (χ0v) is 16.8. The van der Waals surface area contributed by atoms with E-state index in [-0.39, 0.29) is 11.2 Å². The van der Waals surface area contributed by atoms with Crippen LogP contribution in [0.25, 0.3) is 0 Å². The van der Waals surface area contributed by atoms with Crippen LogP contribution < -0.4 is 5.32 Å². The minimum absolute atomic E-state index is 0.0936. The average Bonchev–Trinajstić information content (AvgIpc) is 3.03. The molecule has 1 amide bonds. The fraction of sp³-hybridized carbons (Fsp3) is 0.474. The number of nitriles is 1. The normalized spacial score (nSPS) is 17.2. The molecule has 1 aliphatic carbocycles.